The fourth-order valence-electron chi connectivity index (χ4n) is 11.3. The molecule has 220 valence electrons. The Morgan fingerprint density at radius 2 is 1.77 bits per heavy atom. The first-order chi connectivity index (χ1) is 18.7. The molecule has 0 amide bonds. The number of ketones is 1. The SMILES string of the molecule is COCC[C@]1(C)c2oncc2C[C@]2(C)C3=CC(=O)[C@@H]4[C@@H]5CC(C)(C)CC[C@]5(C(=O)OC)CC[C@@]4(C)[C@]3(C)CC[C@H]21. The number of esters is 1. The molecule has 0 radical (unpaired) electrons. The number of fused-ring (bicyclic) bond motifs is 8. The Bertz CT molecular complexity index is 1260. The minimum Gasteiger partial charge on any atom is -0.469 e. The van der Waals surface area contributed by atoms with Gasteiger partial charge >= 0.3 is 5.97 Å². The highest BCUT2D eigenvalue weighted by Gasteiger charge is 2.71. The number of rotatable bonds is 4. The van der Waals surface area contributed by atoms with Crippen molar-refractivity contribution in [3.05, 3.63) is 29.2 Å². The van der Waals surface area contributed by atoms with Gasteiger partial charge in [-0.1, -0.05) is 52.3 Å². The molecule has 0 spiro atoms. The molecule has 6 rings (SSSR count). The number of aromatic nitrogens is 1. The van der Waals surface area contributed by atoms with E-state index in [2.05, 4.69) is 52.8 Å². The standard InChI is InChI=1S/C34H49NO5/c1-29(2)11-13-34(28(37)39-8)14-12-33(6)26(22(34)19-29)23(36)17-25-31(4)18-21-20-35-40-27(21)30(3,15-16-38-7)24(31)9-10-32(25,33)5/h17,20,22,24,26H,9-16,18-19H2,1-8H3/t22-,24-,26-,30-,31-,32+,33+,34-/m0/s1. The molecule has 0 saturated heterocycles. The zero-order valence-corrected chi connectivity index (χ0v) is 25.9. The lowest BCUT2D eigenvalue weighted by molar-refractivity contribution is -0.191. The summed E-state index contributed by atoms with van der Waals surface area (Å²) in [5.74, 6) is 1.32. The first-order valence-corrected chi connectivity index (χ1v) is 15.5. The van der Waals surface area contributed by atoms with E-state index >= 15 is 0 Å². The Labute approximate surface area is 240 Å². The highest BCUT2D eigenvalue weighted by molar-refractivity contribution is 5.96. The van der Waals surface area contributed by atoms with Crippen molar-refractivity contribution < 1.29 is 23.6 Å². The van der Waals surface area contributed by atoms with Gasteiger partial charge in [0.25, 0.3) is 0 Å². The molecule has 1 aromatic heterocycles. The van der Waals surface area contributed by atoms with Gasteiger partial charge in [0, 0.05) is 30.6 Å². The van der Waals surface area contributed by atoms with E-state index in [0.717, 1.165) is 63.5 Å². The lowest BCUT2D eigenvalue weighted by Gasteiger charge is -2.69. The second-order valence-corrected chi connectivity index (χ2v) is 15.8. The minimum atomic E-state index is -0.548. The van der Waals surface area contributed by atoms with Crippen molar-refractivity contribution in [2.45, 2.75) is 105 Å². The van der Waals surface area contributed by atoms with E-state index in [-0.39, 0.29) is 50.7 Å². The van der Waals surface area contributed by atoms with Crippen LogP contribution in [0.5, 0.6) is 0 Å². The molecule has 5 aliphatic rings. The first-order valence-electron chi connectivity index (χ1n) is 15.5. The van der Waals surface area contributed by atoms with Crippen LogP contribution in [0.25, 0.3) is 0 Å². The molecule has 3 saturated carbocycles. The van der Waals surface area contributed by atoms with Crippen LogP contribution in [0.15, 0.2) is 22.4 Å². The van der Waals surface area contributed by atoms with E-state index in [1.165, 1.54) is 18.2 Å². The van der Waals surface area contributed by atoms with Crippen molar-refractivity contribution in [1.29, 1.82) is 0 Å². The molecular weight excluding hydrogens is 502 g/mol. The average molecular weight is 552 g/mol. The second-order valence-electron chi connectivity index (χ2n) is 15.8. The summed E-state index contributed by atoms with van der Waals surface area (Å²) in [5, 5.41) is 4.26. The molecule has 3 fully saturated rings. The van der Waals surface area contributed by atoms with E-state index in [9.17, 15) is 9.59 Å². The van der Waals surface area contributed by atoms with Gasteiger partial charge in [0.05, 0.1) is 18.7 Å². The minimum absolute atomic E-state index is 0.0121. The topological polar surface area (TPSA) is 78.6 Å². The van der Waals surface area contributed by atoms with Crippen LogP contribution in [0, 0.1) is 44.8 Å². The molecule has 1 heterocycles. The third-order valence-electron chi connectivity index (χ3n) is 13.6. The monoisotopic (exact) mass is 551 g/mol. The predicted octanol–water partition coefficient (Wildman–Crippen LogP) is 6.86. The summed E-state index contributed by atoms with van der Waals surface area (Å²) < 4.78 is 17.0. The number of ether oxygens (including phenoxy) is 2. The van der Waals surface area contributed by atoms with Crippen molar-refractivity contribution in [3.8, 4) is 0 Å². The predicted molar refractivity (Wildman–Crippen MR) is 152 cm³/mol. The molecule has 1 aromatic rings. The molecule has 0 aromatic carbocycles. The number of methoxy groups -OCH3 is 2. The highest BCUT2D eigenvalue weighted by atomic mass is 16.5. The van der Waals surface area contributed by atoms with Gasteiger partial charge in [0.2, 0.25) is 0 Å². The summed E-state index contributed by atoms with van der Waals surface area (Å²) in [6.45, 7) is 14.9. The smallest absolute Gasteiger partial charge is 0.312 e. The van der Waals surface area contributed by atoms with Gasteiger partial charge in [0.15, 0.2) is 5.78 Å². The fraction of sp³-hybridized carbons (Fsp3) is 0.794. The van der Waals surface area contributed by atoms with E-state index < -0.39 is 5.41 Å². The fourth-order valence-corrected chi connectivity index (χ4v) is 11.3. The largest absolute Gasteiger partial charge is 0.469 e. The maximum atomic E-state index is 14.6. The van der Waals surface area contributed by atoms with Gasteiger partial charge in [-0.05, 0) is 97.4 Å². The molecule has 0 aliphatic heterocycles. The van der Waals surface area contributed by atoms with Crippen LogP contribution in [0.1, 0.15) is 104 Å². The summed E-state index contributed by atoms with van der Waals surface area (Å²) in [6.07, 6.45) is 12.2. The van der Waals surface area contributed by atoms with Gasteiger partial charge in [-0.2, -0.15) is 0 Å². The van der Waals surface area contributed by atoms with Crippen molar-refractivity contribution in [1.82, 2.24) is 5.16 Å². The zero-order valence-electron chi connectivity index (χ0n) is 25.9. The van der Waals surface area contributed by atoms with E-state index in [0.29, 0.717) is 12.5 Å². The maximum absolute atomic E-state index is 14.6. The average Bonchev–Trinajstić information content (AvgIpc) is 3.37. The van der Waals surface area contributed by atoms with Gasteiger partial charge in [0.1, 0.15) is 5.76 Å². The van der Waals surface area contributed by atoms with Gasteiger partial charge in [-0.3, -0.25) is 9.59 Å². The van der Waals surface area contributed by atoms with Gasteiger partial charge in [-0.15, -0.1) is 0 Å². The molecule has 6 nitrogen and oxygen atoms in total. The van der Waals surface area contributed by atoms with Crippen LogP contribution in [0.3, 0.4) is 0 Å². The summed E-state index contributed by atoms with van der Waals surface area (Å²) in [4.78, 5) is 28.1. The second kappa shape index (κ2) is 8.78. The summed E-state index contributed by atoms with van der Waals surface area (Å²) in [6, 6.07) is 0. The lowest BCUT2D eigenvalue weighted by Crippen LogP contribution is -2.66. The third-order valence-corrected chi connectivity index (χ3v) is 13.6. The van der Waals surface area contributed by atoms with E-state index in [4.69, 9.17) is 14.0 Å². The number of hydrogen-bond donors (Lipinski definition) is 0. The van der Waals surface area contributed by atoms with Crippen molar-refractivity contribution in [3.63, 3.8) is 0 Å². The van der Waals surface area contributed by atoms with Crippen LogP contribution in [0.2, 0.25) is 0 Å². The summed E-state index contributed by atoms with van der Waals surface area (Å²) in [5.41, 5.74) is 1.33. The summed E-state index contributed by atoms with van der Waals surface area (Å²) >= 11 is 0. The Hall–Kier alpha value is -1.95. The van der Waals surface area contributed by atoms with Crippen LogP contribution in [-0.2, 0) is 30.9 Å². The molecule has 6 heteroatoms. The molecule has 0 N–H and O–H groups in total. The number of allylic oxidation sites excluding steroid dienone is 2. The van der Waals surface area contributed by atoms with Crippen molar-refractivity contribution >= 4 is 11.8 Å². The van der Waals surface area contributed by atoms with Gasteiger partial charge in [-0.25, -0.2) is 0 Å². The van der Waals surface area contributed by atoms with Crippen molar-refractivity contribution in [2.75, 3.05) is 20.8 Å². The molecule has 8 atom stereocenters. The highest BCUT2D eigenvalue weighted by Crippen LogP contribution is 2.75. The Morgan fingerprint density at radius 1 is 1.05 bits per heavy atom. The number of carbonyl (C=O) groups excluding carboxylic acids is 2. The number of hydrogen-bond acceptors (Lipinski definition) is 6. The molecular formula is C34H49NO5. The van der Waals surface area contributed by atoms with Gasteiger partial charge < -0.3 is 14.0 Å². The summed E-state index contributed by atoms with van der Waals surface area (Å²) in [7, 11) is 3.28. The van der Waals surface area contributed by atoms with Crippen molar-refractivity contribution in [2.24, 2.45) is 44.8 Å². The molecule has 40 heavy (non-hydrogen) atoms. The quantitative estimate of drug-likeness (QED) is 0.381. The molecule has 0 bridgehead atoms. The van der Waals surface area contributed by atoms with Crippen LogP contribution >= 0.6 is 0 Å². The maximum Gasteiger partial charge on any atom is 0.312 e. The third kappa shape index (κ3) is 3.40. The first kappa shape index (κ1) is 28.2. The Kier molecular flexibility index (Phi) is 6.19. The van der Waals surface area contributed by atoms with Crippen LogP contribution < -0.4 is 0 Å². The van der Waals surface area contributed by atoms with Crippen LogP contribution in [-0.4, -0.2) is 37.7 Å². The molecule has 0 unspecified atom stereocenters. The Morgan fingerprint density at radius 3 is 2.48 bits per heavy atom. The lowest BCUT2D eigenvalue weighted by atomic mass is 9.34. The molecule has 5 aliphatic carbocycles. The number of carbonyl (C=O) groups is 2. The normalized spacial score (nSPS) is 45.2. The Balaban J connectivity index is 1.49. The van der Waals surface area contributed by atoms with E-state index in [1.54, 1.807) is 7.11 Å². The van der Waals surface area contributed by atoms with Crippen LogP contribution in [0.4, 0.5) is 0 Å². The van der Waals surface area contributed by atoms with E-state index in [1.807, 2.05) is 6.20 Å². The number of nitrogens with zero attached hydrogens (tertiary/aromatic N) is 1. The zero-order chi connectivity index (χ0) is 28.9.